The summed E-state index contributed by atoms with van der Waals surface area (Å²) in [7, 11) is 0. The molecule has 1 saturated carbocycles. The quantitative estimate of drug-likeness (QED) is 0.848. The monoisotopic (exact) mass is 234 g/mol. The molecule has 90 valence electrons. The van der Waals surface area contributed by atoms with Crippen LogP contribution in [0.4, 0.5) is 0 Å². The highest BCUT2D eigenvalue weighted by Crippen LogP contribution is 2.49. The molecule has 2 aliphatic rings. The van der Waals surface area contributed by atoms with Gasteiger partial charge < -0.3 is 14.6 Å². The number of carboxylic acid groups (broad SMARTS) is 1. The molecule has 4 nitrogen and oxygen atoms in total. The van der Waals surface area contributed by atoms with Crippen molar-refractivity contribution in [2.24, 2.45) is 5.41 Å². The number of ether oxygens (including phenoxy) is 2. The molecule has 0 radical (unpaired) electrons. The summed E-state index contributed by atoms with van der Waals surface area (Å²) in [6, 6.07) is 5.35. The number of benzene rings is 1. The summed E-state index contributed by atoms with van der Waals surface area (Å²) < 4.78 is 11.4. The van der Waals surface area contributed by atoms with E-state index in [9.17, 15) is 4.79 Å². The third-order valence-corrected chi connectivity index (χ3v) is 3.39. The molecule has 1 spiro atoms. The van der Waals surface area contributed by atoms with Crippen molar-refractivity contribution in [1.82, 2.24) is 0 Å². The van der Waals surface area contributed by atoms with Gasteiger partial charge in [-0.1, -0.05) is 6.07 Å². The predicted octanol–water partition coefficient (Wildman–Crippen LogP) is 1.87. The minimum Gasteiger partial charge on any atom is -0.489 e. The summed E-state index contributed by atoms with van der Waals surface area (Å²) in [5, 5.41) is 8.75. The van der Waals surface area contributed by atoms with Gasteiger partial charge in [-0.3, -0.25) is 4.79 Å². The van der Waals surface area contributed by atoms with Crippen LogP contribution in [0.25, 0.3) is 0 Å². The Kier molecular flexibility index (Phi) is 2.24. The minimum atomic E-state index is -0.835. The second-order valence-electron chi connectivity index (χ2n) is 4.93. The van der Waals surface area contributed by atoms with Gasteiger partial charge in [-0.25, -0.2) is 0 Å². The van der Waals surface area contributed by atoms with E-state index in [-0.39, 0.29) is 11.8 Å². The molecule has 1 aliphatic carbocycles. The number of hydrogen-bond donors (Lipinski definition) is 1. The Balaban J connectivity index is 1.83. The average Bonchev–Trinajstić information content (AvgIpc) is 3.07. The smallest absolute Gasteiger partial charge is 0.307 e. The fourth-order valence-electron chi connectivity index (χ4n) is 2.04. The van der Waals surface area contributed by atoms with Crippen LogP contribution in [0.3, 0.4) is 0 Å². The van der Waals surface area contributed by atoms with Gasteiger partial charge in [0.05, 0.1) is 19.6 Å². The first-order valence-corrected chi connectivity index (χ1v) is 5.77. The number of carbonyl (C=O) groups is 1. The molecule has 17 heavy (non-hydrogen) atoms. The van der Waals surface area contributed by atoms with Crippen LogP contribution in [0.5, 0.6) is 11.5 Å². The molecule has 0 amide bonds. The maximum absolute atomic E-state index is 10.6. The number of hydrogen-bond acceptors (Lipinski definition) is 3. The third kappa shape index (κ3) is 2.07. The van der Waals surface area contributed by atoms with Gasteiger partial charge in [0.25, 0.3) is 0 Å². The minimum absolute atomic E-state index is 0.0157. The zero-order valence-corrected chi connectivity index (χ0v) is 9.44. The van der Waals surface area contributed by atoms with Crippen LogP contribution in [0.2, 0.25) is 0 Å². The van der Waals surface area contributed by atoms with Gasteiger partial charge in [-0.2, -0.15) is 0 Å². The summed E-state index contributed by atoms with van der Waals surface area (Å²) >= 11 is 0. The first-order valence-electron chi connectivity index (χ1n) is 5.77. The molecule has 4 heteroatoms. The highest BCUT2D eigenvalue weighted by atomic mass is 16.5. The standard InChI is InChI=1S/C13H14O4/c14-12(15)6-9-1-2-10-11(5-9)17-8-13(3-4-13)7-16-10/h1-2,5H,3-4,6-8H2,(H,14,15). The van der Waals surface area contributed by atoms with E-state index < -0.39 is 5.97 Å². The van der Waals surface area contributed by atoms with Gasteiger partial charge in [-0.15, -0.1) is 0 Å². The molecule has 1 aromatic carbocycles. The summed E-state index contributed by atoms with van der Waals surface area (Å²) in [5.74, 6) is 0.564. The van der Waals surface area contributed by atoms with Crippen molar-refractivity contribution < 1.29 is 19.4 Å². The molecule has 1 aromatic rings. The fraction of sp³-hybridized carbons (Fsp3) is 0.462. The molecule has 0 unspecified atom stereocenters. The van der Waals surface area contributed by atoms with Crippen molar-refractivity contribution in [1.29, 1.82) is 0 Å². The van der Waals surface area contributed by atoms with E-state index in [1.807, 2.05) is 0 Å². The number of carboxylic acids is 1. The SMILES string of the molecule is O=C(O)Cc1ccc2c(c1)OCC1(CC1)CO2. The van der Waals surface area contributed by atoms with Gasteiger partial charge in [0.2, 0.25) is 0 Å². The lowest BCUT2D eigenvalue weighted by atomic mass is 10.1. The first-order chi connectivity index (χ1) is 8.17. The lowest BCUT2D eigenvalue weighted by Gasteiger charge is -2.08. The molecule has 0 aromatic heterocycles. The van der Waals surface area contributed by atoms with E-state index in [1.54, 1.807) is 18.2 Å². The largest absolute Gasteiger partial charge is 0.489 e. The number of rotatable bonds is 2. The van der Waals surface area contributed by atoms with E-state index in [1.165, 1.54) is 0 Å². The summed E-state index contributed by atoms with van der Waals surface area (Å²) in [6.45, 7) is 1.38. The third-order valence-electron chi connectivity index (χ3n) is 3.39. The zero-order valence-electron chi connectivity index (χ0n) is 9.44. The van der Waals surface area contributed by atoms with Crippen LogP contribution in [0.15, 0.2) is 18.2 Å². The molecular formula is C13H14O4. The van der Waals surface area contributed by atoms with Crippen molar-refractivity contribution in [3.05, 3.63) is 23.8 Å². The average molecular weight is 234 g/mol. The van der Waals surface area contributed by atoms with Crippen LogP contribution in [0.1, 0.15) is 18.4 Å². The van der Waals surface area contributed by atoms with Gasteiger partial charge in [-0.05, 0) is 30.5 Å². The fourth-order valence-corrected chi connectivity index (χ4v) is 2.04. The molecule has 0 saturated heterocycles. The van der Waals surface area contributed by atoms with Gasteiger partial charge in [0.15, 0.2) is 11.5 Å². The van der Waals surface area contributed by atoms with Crippen LogP contribution in [0, 0.1) is 5.41 Å². The van der Waals surface area contributed by atoms with Gasteiger partial charge in [0.1, 0.15) is 0 Å². The van der Waals surface area contributed by atoms with E-state index in [0.29, 0.717) is 19.0 Å². The first kappa shape index (κ1) is 10.4. The molecule has 1 aliphatic heterocycles. The molecule has 1 N–H and O–H groups in total. The Labute approximate surface area is 99.2 Å². The number of aliphatic carboxylic acids is 1. The summed E-state index contributed by atoms with van der Waals surface area (Å²) in [5.41, 5.74) is 0.956. The molecule has 0 atom stereocenters. The van der Waals surface area contributed by atoms with Crippen molar-refractivity contribution in [2.45, 2.75) is 19.3 Å². The van der Waals surface area contributed by atoms with E-state index >= 15 is 0 Å². The van der Waals surface area contributed by atoms with E-state index in [4.69, 9.17) is 14.6 Å². The predicted molar refractivity (Wildman–Crippen MR) is 60.4 cm³/mol. The lowest BCUT2D eigenvalue weighted by molar-refractivity contribution is -0.136. The van der Waals surface area contributed by atoms with Gasteiger partial charge in [0, 0.05) is 5.41 Å². The maximum Gasteiger partial charge on any atom is 0.307 e. The highest BCUT2D eigenvalue weighted by molar-refractivity contribution is 5.70. The Hall–Kier alpha value is -1.71. The Morgan fingerprint density at radius 3 is 2.59 bits per heavy atom. The molecule has 0 bridgehead atoms. The molecule has 3 rings (SSSR count). The highest BCUT2D eigenvalue weighted by Gasteiger charge is 2.46. The maximum atomic E-state index is 10.6. The second kappa shape index (κ2) is 3.65. The van der Waals surface area contributed by atoms with Crippen LogP contribution in [-0.2, 0) is 11.2 Å². The summed E-state index contributed by atoms with van der Waals surface area (Å²) in [4.78, 5) is 10.6. The molecule has 1 fully saturated rings. The van der Waals surface area contributed by atoms with Crippen LogP contribution in [-0.4, -0.2) is 24.3 Å². The lowest BCUT2D eigenvalue weighted by Crippen LogP contribution is -2.17. The molecular weight excluding hydrogens is 220 g/mol. The van der Waals surface area contributed by atoms with E-state index in [2.05, 4.69) is 0 Å². The van der Waals surface area contributed by atoms with Crippen molar-refractivity contribution in [3.8, 4) is 11.5 Å². The summed E-state index contributed by atoms with van der Waals surface area (Å²) in [6.07, 6.45) is 2.33. The second-order valence-corrected chi connectivity index (χ2v) is 4.93. The van der Waals surface area contributed by atoms with Crippen LogP contribution >= 0.6 is 0 Å². The van der Waals surface area contributed by atoms with Crippen molar-refractivity contribution in [3.63, 3.8) is 0 Å². The van der Waals surface area contributed by atoms with Gasteiger partial charge >= 0.3 is 5.97 Å². The van der Waals surface area contributed by atoms with Crippen molar-refractivity contribution >= 4 is 5.97 Å². The Morgan fingerprint density at radius 1 is 1.24 bits per heavy atom. The topological polar surface area (TPSA) is 55.8 Å². The normalized spacial score (nSPS) is 19.8. The Bertz CT molecular complexity index is 462. The van der Waals surface area contributed by atoms with Crippen LogP contribution < -0.4 is 9.47 Å². The number of fused-ring (bicyclic) bond motifs is 1. The van der Waals surface area contributed by atoms with Crippen molar-refractivity contribution in [2.75, 3.05) is 13.2 Å². The van der Waals surface area contributed by atoms with E-state index in [0.717, 1.165) is 24.2 Å². The Morgan fingerprint density at radius 2 is 1.94 bits per heavy atom. The molecule has 1 heterocycles. The zero-order chi connectivity index (χ0) is 11.9.